The van der Waals surface area contributed by atoms with Crippen molar-refractivity contribution in [3.63, 3.8) is 0 Å². The van der Waals surface area contributed by atoms with Gasteiger partial charge in [0, 0.05) is 5.69 Å². The molecule has 2 aromatic carbocycles. The summed E-state index contributed by atoms with van der Waals surface area (Å²) in [5.41, 5.74) is 3.23. The molecule has 2 rings (SSSR count). The number of amides is 1. The summed E-state index contributed by atoms with van der Waals surface area (Å²) >= 11 is 0. The zero-order valence-electron chi connectivity index (χ0n) is 14.8. The van der Waals surface area contributed by atoms with Gasteiger partial charge >= 0.3 is 0 Å². The number of carbonyl (C=O) groups is 1. The molecule has 0 fully saturated rings. The van der Waals surface area contributed by atoms with E-state index in [1.54, 1.807) is 0 Å². The van der Waals surface area contributed by atoms with Crippen molar-refractivity contribution in [1.29, 1.82) is 0 Å². The predicted molar refractivity (Wildman–Crippen MR) is 99.6 cm³/mol. The van der Waals surface area contributed by atoms with Crippen LogP contribution >= 0.6 is 0 Å². The van der Waals surface area contributed by atoms with E-state index in [2.05, 4.69) is 24.4 Å². The summed E-state index contributed by atoms with van der Waals surface area (Å²) in [5.74, 6) is 0.618. The van der Waals surface area contributed by atoms with Crippen LogP contribution in [0.15, 0.2) is 48.5 Å². The van der Waals surface area contributed by atoms with Crippen LogP contribution in [-0.4, -0.2) is 12.0 Å². The SMILES string of the molecule is CCCCc1ccc(NC(=O)[C@@H](CC)Oc2cccc(C)c2)cc1. The number of hydrogen-bond donors (Lipinski definition) is 1. The van der Waals surface area contributed by atoms with Gasteiger partial charge in [-0.05, 0) is 61.6 Å². The number of ether oxygens (including phenoxy) is 1. The molecule has 24 heavy (non-hydrogen) atoms. The highest BCUT2D eigenvalue weighted by Gasteiger charge is 2.18. The van der Waals surface area contributed by atoms with E-state index < -0.39 is 6.10 Å². The first-order valence-electron chi connectivity index (χ1n) is 8.75. The van der Waals surface area contributed by atoms with E-state index in [4.69, 9.17) is 4.74 Å². The Labute approximate surface area is 145 Å². The van der Waals surface area contributed by atoms with Crippen LogP contribution in [0.2, 0.25) is 0 Å². The molecule has 2 aromatic rings. The Morgan fingerprint density at radius 3 is 2.50 bits per heavy atom. The van der Waals surface area contributed by atoms with Crippen molar-refractivity contribution in [2.75, 3.05) is 5.32 Å². The van der Waals surface area contributed by atoms with Crippen LogP contribution in [-0.2, 0) is 11.2 Å². The van der Waals surface area contributed by atoms with Crippen LogP contribution in [0.25, 0.3) is 0 Å². The van der Waals surface area contributed by atoms with Crippen molar-refractivity contribution in [2.24, 2.45) is 0 Å². The molecule has 0 aliphatic carbocycles. The molecule has 0 heterocycles. The lowest BCUT2D eigenvalue weighted by Crippen LogP contribution is -2.32. The molecule has 3 nitrogen and oxygen atoms in total. The molecule has 0 aliphatic heterocycles. The van der Waals surface area contributed by atoms with Gasteiger partial charge in [0.15, 0.2) is 6.10 Å². The first-order valence-corrected chi connectivity index (χ1v) is 8.75. The molecule has 0 bridgehead atoms. The standard InChI is InChI=1S/C21H27NO2/c1-4-6-9-17-11-13-18(14-12-17)22-21(23)20(5-2)24-19-10-7-8-16(3)15-19/h7-8,10-15,20H,4-6,9H2,1-3H3,(H,22,23)/t20-/m1/s1. The van der Waals surface area contributed by atoms with Gasteiger partial charge in [-0.15, -0.1) is 0 Å². The minimum absolute atomic E-state index is 0.111. The Balaban J connectivity index is 1.96. The number of anilines is 1. The molecule has 0 unspecified atom stereocenters. The fraction of sp³-hybridized carbons (Fsp3) is 0.381. The molecule has 0 radical (unpaired) electrons. The van der Waals surface area contributed by atoms with Crippen LogP contribution < -0.4 is 10.1 Å². The summed E-state index contributed by atoms with van der Waals surface area (Å²) in [4.78, 5) is 12.5. The number of benzene rings is 2. The van der Waals surface area contributed by atoms with E-state index in [0.717, 1.165) is 23.4 Å². The summed E-state index contributed by atoms with van der Waals surface area (Å²) in [5, 5.41) is 2.95. The van der Waals surface area contributed by atoms with Crippen molar-refractivity contribution in [2.45, 2.75) is 52.6 Å². The molecule has 0 spiro atoms. The first-order chi connectivity index (χ1) is 11.6. The number of aryl methyl sites for hydroxylation is 2. The monoisotopic (exact) mass is 325 g/mol. The summed E-state index contributed by atoms with van der Waals surface area (Å²) in [6.07, 6.45) is 3.58. The molecule has 1 atom stereocenters. The van der Waals surface area contributed by atoms with Crippen molar-refractivity contribution >= 4 is 11.6 Å². The van der Waals surface area contributed by atoms with Crippen LogP contribution in [0.5, 0.6) is 5.75 Å². The fourth-order valence-corrected chi connectivity index (χ4v) is 2.53. The van der Waals surface area contributed by atoms with Crippen molar-refractivity contribution in [1.82, 2.24) is 0 Å². The average Bonchev–Trinajstić information content (AvgIpc) is 2.59. The van der Waals surface area contributed by atoms with Gasteiger partial charge in [0.1, 0.15) is 5.75 Å². The highest BCUT2D eigenvalue weighted by atomic mass is 16.5. The van der Waals surface area contributed by atoms with Crippen LogP contribution in [0.1, 0.15) is 44.2 Å². The van der Waals surface area contributed by atoms with Gasteiger partial charge in [-0.25, -0.2) is 0 Å². The highest BCUT2D eigenvalue weighted by molar-refractivity contribution is 5.94. The summed E-state index contributed by atoms with van der Waals surface area (Å²) in [6, 6.07) is 15.8. The molecule has 0 saturated heterocycles. The zero-order valence-corrected chi connectivity index (χ0v) is 14.8. The zero-order chi connectivity index (χ0) is 17.4. The highest BCUT2D eigenvalue weighted by Crippen LogP contribution is 2.17. The Bertz CT molecular complexity index is 649. The van der Waals surface area contributed by atoms with Crippen LogP contribution in [0.4, 0.5) is 5.69 Å². The lowest BCUT2D eigenvalue weighted by atomic mass is 10.1. The quantitative estimate of drug-likeness (QED) is 0.730. The third-order valence-corrected chi connectivity index (χ3v) is 3.97. The number of rotatable bonds is 8. The summed E-state index contributed by atoms with van der Waals surface area (Å²) in [6.45, 7) is 6.15. The largest absolute Gasteiger partial charge is 0.481 e. The normalized spacial score (nSPS) is 11.8. The topological polar surface area (TPSA) is 38.3 Å². The number of hydrogen-bond acceptors (Lipinski definition) is 2. The van der Waals surface area contributed by atoms with E-state index in [-0.39, 0.29) is 5.91 Å². The maximum atomic E-state index is 12.5. The van der Waals surface area contributed by atoms with Crippen molar-refractivity contribution in [3.05, 3.63) is 59.7 Å². The fourth-order valence-electron chi connectivity index (χ4n) is 2.53. The molecule has 3 heteroatoms. The summed E-state index contributed by atoms with van der Waals surface area (Å²) < 4.78 is 5.84. The van der Waals surface area contributed by atoms with E-state index in [1.165, 1.54) is 18.4 Å². The van der Waals surface area contributed by atoms with Gasteiger partial charge in [-0.1, -0.05) is 44.5 Å². The number of carbonyl (C=O) groups excluding carboxylic acids is 1. The molecular formula is C21H27NO2. The number of nitrogens with one attached hydrogen (secondary N) is 1. The predicted octanol–water partition coefficient (Wildman–Crippen LogP) is 5.13. The second kappa shape index (κ2) is 9.11. The molecule has 128 valence electrons. The Hall–Kier alpha value is -2.29. The first kappa shape index (κ1) is 18.1. The van der Waals surface area contributed by atoms with E-state index >= 15 is 0 Å². The van der Waals surface area contributed by atoms with Crippen molar-refractivity contribution < 1.29 is 9.53 Å². The molecule has 1 N–H and O–H groups in total. The lowest BCUT2D eigenvalue weighted by molar-refractivity contribution is -0.122. The minimum Gasteiger partial charge on any atom is -0.481 e. The lowest BCUT2D eigenvalue weighted by Gasteiger charge is -2.17. The Morgan fingerprint density at radius 2 is 1.88 bits per heavy atom. The molecule has 0 aliphatic rings. The average molecular weight is 325 g/mol. The van der Waals surface area contributed by atoms with Gasteiger partial charge in [0.05, 0.1) is 0 Å². The minimum atomic E-state index is -0.494. The van der Waals surface area contributed by atoms with Gasteiger partial charge in [0.2, 0.25) is 0 Å². The Kier molecular flexibility index (Phi) is 6.86. The molecule has 0 aromatic heterocycles. The summed E-state index contributed by atoms with van der Waals surface area (Å²) in [7, 11) is 0. The smallest absolute Gasteiger partial charge is 0.265 e. The second-order valence-electron chi connectivity index (χ2n) is 6.12. The maximum absolute atomic E-state index is 12.5. The van der Waals surface area contributed by atoms with E-state index in [9.17, 15) is 4.79 Å². The van der Waals surface area contributed by atoms with E-state index in [0.29, 0.717) is 6.42 Å². The van der Waals surface area contributed by atoms with Crippen LogP contribution in [0, 0.1) is 6.92 Å². The second-order valence-corrected chi connectivity index (χ2v) is 6.12. The maximum Gasteiger partial charge on any atom is 0.265 e. The molecule has 1 amide bonds. The van der Waals surface area contributed by atoms with Gasteiger partial charge in [0.25, 0.3) is 5.91 Å². The molecular weight excluding hydrogens is 298 g/mol. The third kappa shape index (κ3) is 5.41. The van der Waals surface area contributed by atoms with Crippen LogP contribution in [0.3, 0.4) is 0 Å². The van der Waals surface area contributed by atoms with Gasteiger partial charge in [-0.2, -0.15) is 0 Å². The Morgan fingerprint density at radius 1 is 1.12 bits per heavy atom. The van der Waals surface area contributed by atoms with Gasteiger partial charge < -0.3 is 10.1 Å². The third-order valence-electron chi connectivity index (χ3n) is 3.97. The van der Waals surface area contributed by atoms with Gasteiger partial charge in [-0.3, -0.25) is 4.79 Å². The van der Waals surface area contributed by atoms with E-state index in [1.807, 2.05) is 50.2 Å². The van der Waals surface area contributed by atoms with Crippen molar-refractivity contribution in [3.8, 4) is 5.75 Å². The molecule has 0 saturated carbocycles. The number of unbranched alkanes of at least 4 members (excludes halogenated alkanes) is 1.